The number of anilines is 1. The maximum absolute atomic E-state index is 6.14. The number of hydrogen-bond acceptors (Lipinski definition) is 3. The van der Waals surface area contributed by atoms with Crippen molar-refractivity contribution in [1.82, 2.24) is 5.01 Å². The monoisotopic (exact) mass is 335 g/mol. The van der Waals surface area contributed by atoms with Crippen molar-refractivity contribution in [3.05, 3.63) is 58.2 Å². The maximum atomic E-state index is 6.14. The average molecular weight is 336 g/mol. The molecule has 1 N–H and O–H groups in total. The van der Waals surface area contributed by atoms with E-state index < -0.39 is 0 Å². The van der Waals surface area contributed by atoms with Crippen LogP contribution in [0.25, 0.3) is 0 Å². The number of hydrazone groups is 1. The molecule has 4 nitrogen and oxygen atoms in total. The van der Waals surface area contributed by atoms with Crippen LogP contribution in [0.5, 0.6) is 0 Å². The fourth-order valence-electron chi connectivity index (χ4n) is 2.38. The Bertz CT molecular complexity index is 652. The predicted octanol–water partition coefficient (Wildman–Crippen LogP) is 2.96. The summed E-state index contributed by atoms with van der Waals surface area (Å²) >= 11 is 12.0. The smallest absolute Gasteiger partial charge is 0.274 e. The number of pyridine rings is 1. The number of nitrogens with zero attached hydrogens (tertiary/aromatic N) is 3. The van der Waals surface area contributed by atoms with Gasteiger partial charge in [0, 0.05) is 16.7 Å². The summed E-state index contributed by atoms with van der Waals surface area (Å²) in [5, 5.41) is 7.83. The van der Waals surface area contributed by atoms with Crippen molar-refractivity contribution in [2.24, 2.45) is 5.10 Å². The first kappa shape index (κ1) is 15.1. The molecule has 114 valence electrons. The van der Waals surface area contributed by atoms with E-state index in [1.165, 1.54) is 0 Å². The van der Waals surface area contributed by atoms with Gasteiger partial charge in [-0.15, -0.1) is 0 Å². The van der Waals surface area contributed by atoms with Crippen molar-refractivity contribution in [3.63, 3.8) is 0 Å². The van der Waals surface area contributed by atoms with E-state index in [1.807, 2.05) is 30.5 Å². The van der Waals surface area contributed by atoms with E-state index in [0.717, 1.165) is 37.6 Å². The van der Waals surface area contributed by atoms with Crippen molar-refractivity contribution >= 4 is 35.2 Å². The van der Waals surface area contributed by atoms with Crippen molar-refractivity contribution in [3.8, 4) is 0 Å². The lowest BCUT2D eigenvalue weighted by Crippen LogP contribution is -2.45. The molecule has 0 radical (unpaired) electrons. The van der Waals surface area contributed by atoms with Crippen LogP contribution in [-0.2, 0) is 0 Å². The van der Waals surface area contributed by atoms with E-state index in [-0.39, 0.29) is 0 Å². The minimum atomic E-state index is 0.619. The fraction of sp³-hybridized carbons (Fsp3) is 0.250. The number of rotatable bonds is 3. The molecular weight excluding hydrogens is 319 g/mol. The molecule has 6 heteroatoms. The third-order valence-electron chi connectivity index (χ3n) is 3.61. The van der Waals surface area contributed by atoms with Crippen LogP contribution < -0.4 is 9.88 Å². The van der Waals surface area contributed by atoms with Gasteiger partial charge in [-0.25, -0.2) is 4.98 Å². The highest BCUT2D eigenvalue weighted by molar-refractivity contribution is 6.36. The van der Waals surface area contributed by atoms with Crippen LogP contribution in [0.15, 0.2) is 47.7 Å². The summed E-state index contributed by atoms with van der Waals surface area (Å²) < 4.78 is 0. The number of hydrogen-bond donors (Lipinski definition) is 0. The van der Waals surface area contributed by atoms with Gasteiger partial charge in [-0.05, 0) is 18.2 Å². The highest BCUT2D eigenvalue weighted by Crippen LogP contribution is 2.19. The van der Waals surface area contributed by atoms with E-state index in [2.05, 4.69) is 26.1 Å². The van der Waals surface area contributed by atoms with Crippen LogP contribution in [0.1, 0.15) is 5.56 Å². The Morgan fingerprint density at radius 3 is 2.55 bits per heavy atom. The first-order chi connectivity index (χ1) is 10.7. The summed E-state index contributed by atoms with van der Waals surface area (Å²) in [6.45, 7) is 3.63. The number of benzene rings is 1. The van der Waals surface area contributed by atoms with Gasteiger partial charge < -0.3 is 0 Å². The second kappa shape index (κ2) is 6.99. The molecule has 22 heavy (non-hydrogen) atoms. The molecule has 1 aliphatic rings. The van der Waals surface area contributed by atoms with Gasteiger partial charge in [-0.3, -0.25) is 9.91 Å². The number of piperazine rings is 1. The van der Waals surface area contributed by atoms with Gasteiger partial charge in [0.2, 0.25) is 0 Å². The molecule has 3 rings (SSSR count). The summed E-state index contributed by atoms with van der Waals surface area (Å²) in [6, 6.07) is 11.5. The lowest BCUT2D eigenvalue weighted by molar-refractivity contribution is -0.364. The largest absolute Gasteiger partial charge is 0.289 e. The predicted molar refractivity (Wildman–Crippen MR) is 90.8 cm³/mol. The lowest BCUT2D eigenvalue weighted by atomic mass is 10.2. The van der Waals surface area contributed by atoms with Crippen LogP contribution in [0.3, 0.4) is 0 Å². The third-order valence-corrected chi connectivity index (χ3v) is 4.17. The molecule has 0 aliphatic carbocycles. The molecule has 0 atom stereocenters. The normalized spacial score (nSPS) is 15.5. The van der Waals surface area contributed by atoms with Gasteiger partial charge in [-0.1, -0.05) is 35.3 Å². The quantitative estimate of drug-likeness (QED) is 0.808. The van der Waals surface area contributed by atoms with Gasteiger partial charge in [0.1, 0.15) is 13.1 Å². The Morgan fingerprint density at radius 1 is 1.05 bits per heavy atom. The Morgan fingerprint density at radius 2 is 1.86 bits per heavy atom. The first-order valence-electron chi connectivity index (χ1n) is 7.18. The summed E-state index contributed by atoms with van der Waals surface area (Å²) in [6.07, 6.45) is 3.74. The zero-order valence-corrected chi connectivity index (χ0v) is 13.6. The summed E-state index contributed by atoms with van der Waals surface area (Å²) in [5.74, 6) is 1.15. The Balaban J connectivity index is 1.59. The number of aromatic amines is 1. The van der Waals surface area contributed by atoms with Crippen molar-refractivity contribution < 1.29 is 4.98 Å². The first-order valence-corrected chi connectivity index (χ1v) is 7.93. The lowest BCUT2D eigenvalue weighted by Gasteiger charge is -2.28. The molecule has 0 saturated carbocycles. The summed E-state index contributed by atoms with van der Waals surface area (Å²) in [7, 11) is 0. The van der Waals surface area contributed by atoms with E-state index >= 15 is 0 Å². The second-order valence-corrected chi connectivity index (χ2v) is 5.94. The minimum Gasteiger partial charge on any atom is -0.289 e. The molecule has 2 heterocycles. The molecule has 0 bridgehead atoms. The minimum absolute atomic E-state index is 0.619. The van der Waals surface area contributed by atoms with Gasteiger partial charge in [0.25, 0.3) is 5.82 Å². The highest BCUT2D eigenvalue weighted by atomic mass is 35.5. The number of H-pyrrole nitrogens is 1. The molecule has 1 aromatic carbocycles. The van der Waals surface area contributed by atoms with Crippen LogP contribution in [-0.4, -0.2) is 37.4 Å². The van der Waals surface area contributed by atoms with Gasteiger partial charge >= 0.3 is 0 Å². The number of aromatic nitrogens is 1. The molecule has 1 saturated heterocycles. The van der Waals surface area contributed by atoms with E-state index in [9.17, 15) is 0 Å². The topological polar surface area (TPSA) is 33.0 Å². The average Bonchev–Trinajstić information content (AvgIpc) is 2.55. The van der Waals surface area contributed by atoms with Crippen LogP contribution in [0.4, 0.5) is 5.82 Å². The Labute approximate surface area is 140 Å². The van der Waals surface area contributed by atoms with Crippen LogP contribution >= 0.6 is 23.2 Å². The zero-order chi connectivity index (χ0) is 15.4. The molecule has 1 aromatic heterocycles. The van der Waals surface area contributed by atoms with E-state index in [0.29, 0.717) is 10.0 Å². The standard InChI is InChI=1S/C16H16Cl2N4/c17-14-5-4-13(15(18)11-14)12-20-22-9-7-21(8-10-22)16-3-1-2-6-19-16/h1-6,11-12H,7-10H2/p+1. The third kappa shape index (κ3) is 3.70. The SMILES string of the molecule is Clc1ccc(C=NN2CCN(c3cccc[nH+]3)CC2)c(Cl)c1. The van der Waals surface area contributed by atoms with Crippen LogP contribution in [0, 0.1) is 0 Å². The fourth-order valence-corrected chi connectivity index (χ4v) is 2.84. The number of halogens is 2. The van der Waals surface area contributed by atoms with Crippen molar-refractivity contribution in [2.45, 2.75) is 0 Å². The molecule has 0 amide bonds. The van der Waals surface area contributed by atoms with Gasteiger partial charge in [-0.2, -0.15) is 5.10 Å². The summed E-state index contributed by atoms with van der Waals surface area (Å²) in [5.41, 5.74) is 0.880. The zero-order valence-electron chi connectivity index (χ0n) is 12.0. The van der Waals surface area contributed by atoms with E-state index in [4.69, 9.17) is 23.2 Å². The van der Waals surface area contributed by atoms with Crippen LogP contribution in [0.2, 0.25) is 10.0 Å². The Kier molecular flexibility index (Phi) is 4.80. The highest BCUT2D eigenvalue weighted by Gasteiger charge is 2.21. The summed E-state index contributed by atoms with van der Waals surface area (Å²) in [4.78, 5) is 5.58. The van der Waals surface area contributed by atoms with Gasteiger partial charge in [0.15, 0.2) is 0 Å². The molecule has 0 spiro atoms. The van der Waals surface area contributed by atoms with E-state index in [1.54, 1.807) is 12.3 Å². The second-order valence-electron chi connectivity index (χ2n) is 5.10. The molecule has 2 aromatic rings. The molecule has 1 fully saturated rings. The van der Waals surface area contributed by atoms with Crippen molar-refractivity contribution in [1.29, 1.82) is 0 Å². The molecule has 1 aliphatic heterocycles. The maximum Gasteiger partial charge on any atom is 0.274 e. The number of nitrogens with one attached hydrogen (secondary N) is 1. The van der Waals surface area contributed by atoms with Gasteiger partial charge in [0.05, 0.1) is 30.5 Å². The Hall–Kier alpha value is -1.78. The molecule has 0 unspecified atom stereocenters. The molecular formula is C16H17Cl2N4+. The van der Waals surface area contributed by atoms with Crippen molar-refractivity contribution in [2.75, 3.05) is 31.1 Å².